The van der Waals surface area contributed by atoms with Gasteiger partial charge in [0.1, 0.15) is 0 Å². The second-order valence-corrected chi connectivity index (χ2v) is 5.59. The van der Waals surface area contributed by atoms with Crippen LogP contribution in [0.2, 0.25) is 0 Å². The van der Waals surface area contributed by atoms with Gasteiger partial charge in [-0.15, -0.1) is 0 Å². The van der Waals surface area contributed by atoms with Crippen molar-refractivity contribution in [3.8, 4) is 0 Å². The lowest BCUT2D eigenvalue weighted by atomic mass is 10.1. The normalized spacial score (nSPS) is 12.0. The molecule has 0 aliphatic rings. The fraction of sp³-hybridized carbons (Fsp3) is 0.0769. The minimum Gasteiger partial charge on any atom is -0.480 e. The van der Waals surface area contributed by atoms with Gasteiger partial charge in [0.2, 0.25) is 0 Å². The topological polar surface area (TPSA) is 83.8 Å². The van der Waals surface area contributed by atoms with Crippen molar-refractivity contribution in [2.75, 3.05) is 5.75 Å². The Labute approximate surface area is 110 Å². The van der Waals surface area contributed by atoms with Gasteiger partial charge in [-0.25, -0.2) is 8.42 Å². The summed E-state index contributed by atoms with van der Waals surface area (Å²) in [6, 6.07) is 12.9. The van der Waals surface area contributed by atoms with Crippen LogP contribution in [0.5, 0.6) is 0 Å². The van der Waals surface area contributed by atoms with E-state index in [0.717, 1.165) is 10.8 Å². The maximum atomic E-state index is 11.4. The Morgan fingerprint density at radius 1 is 1.16 bits per heavy atom. The molecule has 0 bridgehead atoms. The smallest absolute Gasteiger partial charge is 0.320 e. The van der Waals surface area contributed by atoms with Crippen molar-refractivity contribution in [2.24, 2.45) is 4.40 Å². The summed E-state index contributed by atoms with van der Waals surface area (Å²) < 4.78 is 26.1. The molecule has 6 heteroatoms. The molecule has 0 spiro atoms. The minimum atomic E-state index is -3.98. The molecular formula is C13H11NO4S. The van der Waals surface area contributed by atoms with Crippen molar-refractivity contribution in [3.05, 3.63) is 48.0 Å². The van der Waals surface area contributed by atoms with Gasteiger partial charge in [-0.1, -0.05) is 42.5 Å². The molecule has 0 aliphatic carbocycles. The summed E-state index contributed by atoms with van der Waals surface area (Å²) in [6.07, 6.45) is 1.18. The second-order valence-electron chi connectivity index (χ2n) is 3.92. The first kappa shape index (κ1) is 13.2. The Morgan fingerprint density at radius 2 is 1.84 bits per heavy atom. The third kappa shape index (κ3) is 3.38. The highest BCUT2D eigenvalue weighted by Gasteiger charge is 2.13. The number of sulfonamides is 1. The van der Waals surface area contributed by atoms with E-state index in [1.807, 2.05) is 30.3 Å². The third-order valence-electron chi connectivity index (χ3n) is 2.48. The molecule has 2 rings (SSSR count). The number of benzene rings is 2. The van der Waals surface area contributed by atoms with Crippen molar-refractivity contribution in [3.63, 3.8) is 0 Å². The first-order valence-electron chi connectivity index (χ1n) is 5.45. The van der Waals surface area contributed by atoms with Gasteiger partial charge in [0.25, 0.3) is 10.0 Å². The fourth-order valence-electron chi connectivity index (χ4n) is 1.69. The molecule has 2 aromatic rings. The summed E-state index contributed by atoms with van der Waals surface area (Å²) in [7, 11) is -3.98. The van der Waals surface area contributed by atoms with Crippen LogP contribution in [0.3, 0.4) is 0 Å². The summed E-state index contributed by atoms with van der Waals surface area (Å²) in [4.78, 5) is 10.4. The first-order valence-corrected chi connectivity index (χ1v) is 7.06. The summed E-state index contributed by atoms with van der Waals surface area (Å²) in [5.74, 6) is -2.43. The van der Waals surface area contributed by atoms with E-state index >= 15 is 0 Å². The Kier molecular flexibility index (Phi) is 3.62. The molecule has 98 valence electrons. The van der Waals surface area contributed by atoms with Crippen LogP contribution >= 0.6 is 0 Å². The molecule has 0 radical (unpaired) electrons. The van der Waals surface area contributed by atoms with Gasteiger partial charge < -0.3 is 5.11 Å². The molecule has 1 N–H and O–H groups in total. The van der Waals surface area contributed by atoms with E-state index in [9.17, 15) is 13.2 Å². The number of carbonyl (C=O) groups is 1. The van der Waals surface area contributed by atoms with Gasteiger partial charge in [0, 0.05) is 11.8 Å². The SMILES string of the molecule is O=C(O)CS(=O)(=O)N=Cc1cccc2ccccc12. The van der Waals surface area contributed by atoms with Gasteiger partial charge in [-0.2, -0.15) is 4.40 Å². The van der Waals surface area contributed by atoms with Crippen LogP contribution in [0.4, 0.5) is 0 Å². The van der Waals surface area contributed by atoms with Gasteiger partial charge in [0.15, 0.2) is 5.75 Å². The van der Waals surface area contributed by atoms with E-state index in [1.54, 1.807) is 12.1 Å². The molecule has 0 fully saturated rings. The summed E-state index contributed by atoms with van der Waals surface area (Å²) >= 11 is 0. The largest absolute Gasteiger partial charge is 0.480 e. The number of nitrogens with zero attached hydrogens (tertiary/aromatic N) is 1. The molecule has 0 saturated heterocycles. The molecule has 0 atom stereocenters. The number of fused-ring (bicyclic) bond motifs is 1. The van der Waals surface area contributed by atoms with Crippen LogP contribution in [0.15, 0.2) is 46.9 Å². The number of hydrogen-bond donors (Lipinski definition) is 1. The second kappa shape index (κ2) is 5.19. The molecule has 0 aromatic heterocycles. The van der Waals surface area contributed by atoms with E-state index < -0.39 is 21.7 Å². The number of carboxylic acid groups (broad SMARTS) is 1. The molecular weight excluding hydrogens is 266 g/mol. The maximum Gasteiger partial charge on any atom is 0.320 e. The zero-order valence-electron chi connectivity index (χ0n) is 9.85. The van der Waals surface area contributed by atoms with Crippen molar-refractivity contribution in [2.45, 2.75) is 0 Å². The van der Waals surface area contributed by atoms with Crippen LogP contribution in [-0.4, -0.2) is 31.5 Å². The summed E-state index contributed by atoms with van der Waals surface area (Å²) in [5.41, 5.74) is 0.632. The Balaban J connectivity index is 2.39. The lowest BCUT2D eigenvalue weighted by Crippen LogP contribution is -2.12. The van der Waals surface area contributed by atoms with Crippen LogP contribution in [0.25, 0.3) is 10.8 Å². The number of rotatable bonds is 4. The lowest BCUT2D eigenvalue weighted by Gasteiger charge is -2.01. The zero-order valence-corrected chi connectivity index (χ0v) is 10.7. The zero-order chi connectivity index (χ0) is 13.9. The number of hydrogen-bond acceptors (Lipinski definition) is 3. The lowest BCUT2D eigenvalue weighted by molar-refractivity contribution is -0.134. The summed E-state index contributed by atoms with van der Waals surface area (Å²) in [5, 5.41) is 10.3. The minimum absolute atomic E-state index is 0.632. The highest BCUT2D eigenvalue weighted by Crippen LogP contribution is 2.17. The highest BCUT2D eigenvalue weighted by atomic mass is 32.2. The van der Waals surface area contributed by atoms with E-state index in [-0.39, 0.29) is 0 Å². The van der Waals surface area contributed by atoms with Crippen LogP contribution < -0.4 is 0 Å². The monoisotopic (exact) mass is 277 g/mol. The van der Waals surface area contributed by atoms with Gasteiger partial charge in [-0.05, 0) is 10.8 Å². The van der Waals surface area contributed by atoms with E-state index in [2.05, 4.69) is 4.40 Å². The van der Waals surface area contributed by atoms with Crippen LogP contribution in [0, 0.1) is 0 Å². The van der Waals surface area contributed by atoms with Crippen molar-refractivity contribution < 1.29 is 18.3 Å². The standard InChI is InChI=1S/C13H11NO4S/c15-13(16)9-19(17,18)14-8-11-6-3-5-10-4-1-2-7-12(10)11/h1-8H,9H2,(H,15,16). The van der Waals surface area contributed by atoms with E-state index in [0.29, 0.717) is 5.56 Å². The molecule has 0 unspecified atom stereocenters. The summed E-state index contributed by atoms with van der Waals surface area (Å²) in [6.45, 7) is 0. The Bertz CT molecular complexity index is 745. The van der Waals surface area contributed by atoms with Gasteiger partial charge >= 0.3 is 5.97 Å². The van der Waals surface area contributed by atoms with E-state index in [4.69, 9.17) is 5.11 Å². The third-order valence-corrected chi connectivity index (χ3v) is 3.52. The van der Waals surface area contributed by atoms with Crippen LogP contribution in [0.1, 0.15) is 5.56 Å². The number of carboxylic acids is 1. The first-order chi connectivity index (χ1) is 8.98. The molecule has 2 aromatic carbocycles. The van der Waals surface area contributed by atoms with E-state index in [1.165, 1.54) is 6.21 Å². The molecule has 0 saturated carbocycles. The molecule has 5 nitrogen and oxygen atoms in total. The predicted molar refractivity (Wildman–Crippen MR) is 73.0 cm³/mol. The van der Waals surface area contributed by atoms with Crippen molar-refractivity contribution >= 4 is 33.0 Å². The molecule has 0 amide bonds. The predicted octanol–water partition coefficient (Wildman–Crippen LogP) is 1.67. The van der Waals surface area contributed by atoms with Crippen molar-refractivity contribution in [1.82, 2.24) is 0 Å². The highest BCUT2D eigenvalue weighted by molar-refractivity contribution is 7.90. The Hall–Kier alpha value is -2.21. The Morgan fingerprint density at radius 3 is 2.58 bits per heavy atom. The average molecular weight is 277 g/mol. The molecule has 0 aliphatic heterocycles. The quantitative estimate of drug-likeness (QED) is 0.862. The molecule has 0 heterocycles. The molecule has 19 heavy (non-hydrogen) atoms. The average Bonchev–Trinajstić information content (AvgIpc) is 2.35. The number of aliphatic carboxylic acids is 1. The fourth-order valence-corrected chi connectivity index (χ4v) is 2.35. The van der Waals surface area contributed by atoms with Gasteiger partial charge in [0.05, 0.1) is 0 Å². The maximum absolute atomic E-state index is 11.4. The van der Waals surface area contributed by atoms with Crippen molar-refractivity contribution in [1.29, 1.82) is 0 Å². The van der Waals surface area contributed by atoms with Crippen LogP contribution in [-0.2, 0) is 14.8 Å². The van der Waals surface area contributed by atoms with Gasteiger partial charge in [-0.3, -0.25) is 4.79 Å².